The van der Waals surface area contributed by atoms with Gasteiger partial charge in [0.05, 0.1) is 11.0 Å². The Labute approximate surface area is 287 Å². The van der Waals surface area contributed by atoms with E-state index in [2.05, 4.69) is 15.4 Å². The van der Waals surface area contributed by atoms with E-state index in [0.717, 1.165) is 23.6 Å². The van der Waals surface area contributed by atoms with Crippen LogP contribution in [0.2, 0.25) is 0 Å². The summed E-state index contributed by atoms with van der Waals surface area (Å²) >= 11 is 0. The summed E-state index contributed by atoms with van der Waals surface area (Å²) in [4.78, 5) is 39.6. The zero-order valence-electron chi connectivity index (χ0n) is 28.4. The molecule has 0 aliphatic carbocycles. The van der Waals surface area contributed by atoms with Crippen molar-refractivity contribution in [3.63, 3.8) is 0 Å². The van der Waals surface area contributed by atoms with Crippen LogP contribution in [0, 0.1) is 31.1 Å². The van der Waals surface area contributed by atoms with E-state index >= 15 is 0 Å². The molecular formula is C36H43N5O7S. The molecule has 0 saturated heterocycles. The third-order valence-corrected chi connectivity index (χ3v) is 9.09. The van der Waals surface area contributed by atoms with Gasteiger partial charge in [0.15, 0.2) is 5.54 Å². The van der Waals surface area contributed by atoms with Crippen molar-refractivity contribution in [1.82, 2.24) is 15.4 Å². The van der Waals surface area contributed by atoms with Crippen molar-refractivity contribution in [2.45, 2.75) is 70.2 Å². The minimum atomic E-state index is -4.53. The van der Waals surface area contributed by atoms with Crippen molar-refractivity contribution in [1.29, 1.82) is 5.26 Å². The number of ether oxygens (including phenoxy) is 1. The molecule has 0 heterocycles. The Bertz CT molecular complexity index is 1840. The lowest BCUT2D eigenvalue weighted by atomic mass is 9.79. The smallest absolute Gasteiger partial charge is 0.262 e. The van der Waals surface area contributed by atoms with Gasteiger partial charge in [-0.2, -0.15) is 9.98 Å². The number of primary amides is 1. The van der Waals surface area contributed by atoms with Gasteiger partial charge in [-0.25, -0.2) is 8.42 Å². The number of nitrogens with one attached hydrogen (secondary N) is 3. The first-order chi connectivity index (χ1) is 22.9. The molecule has 49 heavy (non-hydrogen) atoms. The Morgan fingerprint density at radius 2 is 1.59 bits per heavy atom. The van der Waals surface area contributed by atoms with E-state index in [0.29, 0.717) is 5.56 Å². The van der Waals surface area contributed by atoms with Crippen molar-refractivity contribution in [3.05, 3.63) is 101 Å². The van der Waals surface area contributed by atoms with Crippen LogP contribution >= 0.6 is 0 Å². The monoisotopic (exact) mass is 689 g/mol. The summed E-state index contributed by atoms with van der Waals surface area (Å²) in [7, 11) is -4.53. The maximum absolute atomic E-state index is 13.9. The molecule has 6 N–H and O–H groups in total. The summed E-state index contributed by atoms with van der Waals surface area (Å²) in [5, 5.41) is 26.1. The largest absolute Gasteiger partial charge is 0.493 e. The third-order valence-electron chi connectivity index (χ3n) is 7.59. The summed E-state index contributed by atoms with van der Waals surface area (Å²) in [5.74, 6) is -4.24. The summed E-state index contributed by atoms with van der Waals surface area (Å²) in [6.45, 7) is 9.57. The van der Waals surface area contributed by atoms with Gasteiger partial charge < -0.3 is 26.2 Å². The fraction of sp³-hybridized carbons (Fsp3) is 0.333. The highest BCUT2D eigenvalue weighted by atomic mass is 32.2. The molecular weight excluding hydrogens is 646 g/mol. The van der Waals surface area contributed by atoms with Gasteiger partial charge in [0.25, 0.3) is 5.91 Å². The zero-order chi connectivity index (χ0) is 36.6. The van der Waals surface area contributed by atoms with E-state index in [9.17, 15) is 33.2 Å². The Kier molecular flexibility index (Phi) is 12.5. The second-order valence-corrected chi connectivity index (χ2v) is 14.5. The number of rotatable bonds is 14. The SMILES string of the molecule is Cc1ccc(CNC(=O)[C@H](COc2cccc(C=C(C#N)C(=O)NC(C)(C)C)c2)C(NS(=O)(=O)c2ccc(C)cc2)(C(N)=O)C(C)O)cc1. The van der Waals surface area contributed by atoms with E-state index in [1.54, 1.807) is 64.1 Å². The fourth-order valence-corrected chi connectivity index (χ4v) is 6.37. The molecule has 2 unspecified atom stereocenters. The van der Waals surface area contributed by atoms with Crippen LogP contribution in [0.15, 0.2) is 83.3 Å². The topological polar surface area (TPSA) is 201 Å². The maximum atomic E-state index is 13.9. The van der Waals surface area contributed by atoms with Crippen LogP contribution in [0.4, 0.5) is 0 Å². The molecule has 3 rings (SSSR count). The number of carbonyl (C=O) groups is 3. The van der Waals surface area contributed by atoms with E-state index in [-0.39, 0.29) is 22.8 Å². The van der Waals surface area contributed by atoms with Gasteiger partial charge >= 0.3 is 0 Å². The fourth-order valence-electron chi connectivity index (χ4n) is 4.90. The second kappa shape index (κ2) is 15.9. The van der Waals surface area contributed by atoms with E-state index in [4.69, 9.17) is 10.5 Å². The molecule has 3 aromatic carbocycles. The van der Waals surface area contributed by atoms with Crippen LogP contribution in [-0.2, 0) is 31.0 Å². The van der Waals surface area contributed by atoms with Gasteiger partial charge in [-0.05, 0) is 83.0 Å². The van der Waals surface area contributed by atoms with Crippen molar-refractivity contribution in [3.8, 4) is 11.8 Å². The normalized spacial score (nSPS) is 14.4. The molecule has 0 bridgehead atoms. The predicted molar refractivity (Wildman–Crippen MR) is 185 cm³/mol. The van der Waals surface area contributed by atoms with Crippen LogP contribution in [-0.4, -0.2) is 55.0 Å². The van der Waals surface area contributed by atoms with Gasteiger partial charge in [-0.15, -0.1) is 0 Å². The quantitative estimate of drug-likeness (QED) is 0.126. The second-order valence-electron chi connectivity index (χ2n) is 12.8. The van der Waals surface area contributed by atoms with Crippen LogP contribution in [0.3, 0.4) is 0 Å². The number of aryl methyl sites for hydroxylation is 2. The number of hydrogen-bond donors (Lipinski definition) is 5. The molecule has 3 atom stereocenters. The minimum Gasteiger partial charge on any atom is -0.493 e. The van der Waals surface area contributed by atoms with Crippen molar-refractivity contribution in [2.75, 3.05) is 6.61 Å². The molecule has 0 saturated carbocycles. The van der Waals surface area contributed by atoms with E-state index in [1.807, 2.05) is 25.1 Å². The first-order valence-corrected chi connectivity index (χ1v) is 17.0. The van der Waals surface area contributed by atoms with E-state index in [1.165, 1.54) is 30.3 Å². The number of amides is 3. The summed E-state index contributed by atoms with van der Waals surface area (Å²) in [6.07, 6.45) is -0.448. The molecule has 3 amide bonds. The van der Waals surface area contributed by atoms with Gasteiger partial charge in [0.2, 0.25) is 21.8 Å². The lowest BCUT2D eigenvalue weighted by molar-refractivity contribution is -0.142. The number of nitrogens with two attached hydrogens (primary N) is 1. The Morgan fingerprint density at radius 3 is 2.12 bits per heavy atom. The standard InChI is InChI=1S/C36H43N5O7S/c1-23-10-14-26(15-11-23)21-39-33(44)31(36(25(3)42,34(38)45)41-49(46,47)30-16-12-24(2)13-17-30)22-48-29-9-7-8-27(19-29)18-28(20-37)32(43)40-35(4,5)6/h7-19,25,31,41-42H,21-22H2,1-6H3,(H2,38,45)(H,39,44)(H,40,43)/t25?,31-,36?/m0/s1. The average Bonchev–Trinajstić information content (AvgIpc) is 3.02. The van der Waals surface area contributed by atoms with Gasteiger partial charge in [-0.1, -0.05) is 59.7 Å². The average molecular weight is 690 g/mol. The van der Waals surface area contributed by atoms with Crippen molar-refractivity contribution in [2.24, 2.45) is 11.7 Å². The number of nitriles is 1. The molecule has 0 aliphatic rings. The number of sulfonamides is 1. The third kappa shape index (κ3) is 10.2. The molecule has 0 spiro atoms. The van der Waals surface area contributed by atoms with Crippen molar-refractivity contribution >= 4 is 33.8 Å². The number of aliphatic hydroxyl groups is 1. The molecule has 13 heteroatoms. The number of carbonyl (C=O) groups excluding carboxylic acids is 3. The summed E-state index contributed by atoms with van der Waals surface area (Å²) in [6, 6.07) is 21.2. The van der Waals surface area contributed by atoms with Gasteiger partial charge in [-0.3, -0.25) is 14.4 Å². The maximum Gasteiger partial charge on any atom is 0.262 e. The molecule has 0 fully saturated rings. The minimum absolute atomic E-state index is 0.0167. The van der Waals surface area contributed by atoms with Crippen LogP contribution in [0.25, 0.3) is 6.08 Å². The Balaban J connectivity index is 2.04. The number of nitrogens with zero attached hydrogens (tertiary/aromatic N) is 1. The van der Waals surface area contributed by atoms with E-state index < -0.39 is 57.5 Å². The Morgan fingerprint density at radius 1 is 1.00 bits per heavy atom. The van der Waals surface area contributed by atoms with Crippen molar-refractivity contribution < 1.29 is 32.6 Å². The first-order valence-electron chi connectivity index (χ1n) is 15.5. The highest BCUT2D eigenvalue weighted by molar-refractivity contribution is 7.89. The first kappa shape index (κ1) is 38.4. The number of benzene rings is 3. The lowest BCUT2D eigenvalue weighted by Crippen LogP contribution is -2.71. The zero-order valence-corrected chi connectivity index (χ0v) is 29.2. The molecule has 0 aliphatic heterocycles. The molecule has 12 nitrogen and oxygen atoms in total. The predicted octanol–water partition coefficient (Wildman–Crippen LogP) is 3.02. The molecule has 3 aromatic rings. The summed E-state index contributed by atoms with van der Waals surface area (Å²) < 4.78 is 35.5. The van der Waals surface area contributed by atoms with Gasteiger partial charge in [0.1, 0.15) is 29.9 Å². The highest BCUT2D eigenvalue weighted by Gasteiger charge is 2.55. The summed E-state index contributed by atoms with van der Waals surface area (Å²) in [5.41, 5.74) is 5.46. The highest BCUT2D eigenvalue weighted by Crippen LogP contribution is 2.28. The lowest BCUT2D eigenvalue weighted by Gasteiger charge is -2.39. The van der Waals surface area contributed by atoms with Crippen LogP contribution in [0.5, 0.6) is 5.75 Å². The van der Waals surface area contributed by atoms with Crippen LogP contribution in [0.1, 0.15) is 49.9 Å². The number of aliphatic hydroxyl groups excluding tert-OH is 1. The van der Waals surface area contributed by atoms with Crippen LogP contribution < -0.4 is 25.8 Å². The number of hydrogen-bond acceptors (Lipinski definition) is 8. The molecule has 260 valence electrons. The molecule has 0 aromatic heterocycles. The Hall–Kier alpha value is -5.03. The van der Waals surface area contributed by atoms with Gasteiger partial charge in [0, 0.05) is 12.1 Å². The molecule has 0 radical (unpaired) electrons.